The molecule has 0 bridgehead atoms. The van der Waals surface area contributed by atoms with Crippen LogP contribution in [0.25, 0.3) is 11.0 Å². The minimum atomic E-state index is -1.41. The first-order valence-corrected chi connectivity index (χ1v) is 13.4. The number of halogens is 2. The number of benzene rings is 2. The lowest BCUT2D eigenvalue weighted by Gasteiger charge is -2.30. The van der Waals surface area contributed by atoms with Crippen molar-refractivity contribution in [3.05, 3.63) is 81.2 Å². The summed E-state index contributed by atoms with van der Waals surface area (Å²) in [5, 5.41) is 24.6. The minimum absolute atomic E-state index is 0.0271. The van der Waals surface area contributed by atoms with E-state index in [1.165, 1.54) is 0 Å². The van der Waals surface area contributed by atoms with Crippen LogP contribution in [0.4, 0.5) is 0 Å². The van der Waals surface area contributed by atoms with Crippen molar-refractivity contribution in [3.8, 4) is 6.19 Å². The lowest BCUT2D eigenvalue weighted by atomic mass is 9.96. The Hall–Kier alpha value is -4.53. The Morgan fingerprint density at radius 2 is 2.02 bits per heavy atom. The number of guanidine groups is 1. The monoisotopic (exact) mass is 594 g/mol. The number of carbonyl (C=O) groups excluding carboxylic acids is 2. The molecule has 2 aliphatic rings. The Bertz CT molecular complexity index is 1640. The standard InChI is InChI=1S/C28H24Cl2N6O5/c29-20-11-18-14-36(26(38)17-4-3-16-6-10-41-22(16)12-17)9-5-19(18)24(30)23(20)25(37)34-21(27(39)40)13-32-28(33-15-31)35-7-1-2-8-35/h1,3-4,6-7,10-12,21H,2,5,8-9,13-14H2,(H,32,33)(H,34,37)(H,39,40)/t21-/m0/s1. The van der Waals surface area contributed by atoms with E-state index in [0.717, 1.165) is 11.8 Å². The molecule has 3 heterocycles. The maximum Gasteiger partial charge on any atom is 0.328 e. The summed E-state index contributed by atoms with van der Waals surface area (Å²) >= 11 is 13.1. The smallest absolute Gasteiger partial charge is 0.328 e. The number of nitrogens with zero attached hydrogens (tertiary/aromatic N) is 4. The number of rotatable bonds is 6. The fourth-order valence-electron chi connectivity index (χ4n) is 4.82. The molecule has 0 unspecified atom stereocenters. The molecular weight excluding hydrogens is 571 g/mol. The van der Waals surface area contributed by atoms with Crippen molar-refractivity contribution >= 4 is 57.9 Å². The molecule has 3 N–H and O–H groups in total. The predicted molar refractivity (Wildman–Crippen MR) is 152 cm³/mol. The summed E-state index contributed by atoms with van der Waals surface area (Å²) in [6.45, 7) is 0.838. The van der Waals surface area contributed by atoms with E-state index in [1.54, 1.807) is 46.7 Å². The Balaban J connectivity index is 1.32. The largest absolute Gasteiger partial charge is 0.480 e. The normalized spacial score (nSPS) is 15.4. The molecule has 0 spiro atoms. The first-order chi connectivity index (χ1) is 19.8. The summed E-state index contributed by atoms with van der Waals surface area (Å²) in [5.41, 5.74) is 2.41. The molecule has 2 aliphatic heterocycles. The number of furan rings is 1. The van der Waals surface area contributed by atoms with E-state index < -0.39 is 17.9 Å². The maximum absolute atomic E-state index is 13.2. The van der Waals surface area contributed by atoms with Gasteiger partial charge in [0.2, 0.25) is 5.96 Å². The van der Waals surface area contributed by atoms with Gasteiger partial charge in [-0.3, -0.25) is 14.9 Å². The number of amides is 2. The van der Waals surface area contributed by atoms with Crippen LogP contribution in [0.1, 0.15) is 38.3 Å². The number of carboxylic acid groups (broad SMARTS) is 1. The number of hydrogen-bond acceptors (Lipinski definition) is 6. The summed E-state index contributed by atoms with van der Waals surface area (Å²) < 4.78 is 5.41. The molecule has 0 saturated heterocycles. The van der Waals surface area contributed by atoms with Crippen molar-refractivity contribution in [2.45, 2.75) is 25.4 Å². The number of aliphatic imine (C=N–C) groups is 1. The molecule has 1 aromatic heterocycles. The molecule has 41 heavy (non-hydrogen) atoms. The first-order valence-electron chi connectivity index (χ1n) is 12.7. The molecule has 210 valence electrons. The van der Waals surface area contributed by atoms with Crippen LogP contribution in [0.15, 0.2) is 58.3 Å². The summed E-state index contributed by atoms with van der Waals surface area (Å²) in [7, 11) is 0. The molecule has 5 rings (SSSR count). The molecule has 1 atom stereocenters. The zero-order valence-electron chi connectivity index (χ0n) is 21.6. The highest BCUT2D eigenvalue weighted by Gasteiger charge is 2.30. The molecule has 2 aromatic carbocycles. The van der Waals surface area contributed by atoms with Gasteiger partial charge in [0.1, 0.15) is 11.6 Å². The Kier molecular flexibility index (Phi) is 8.14. The first kappa shape index (κ1) is 28.0. The van der Waals surface area contributed by atoms with E-state index in [2.05, 4.69) is 15.6 Å². The van der Waals surface area contributed by atoms with Gasteiger partial charge >= 0.3 is 5.97 Å². The molecule has 11 nitrogen and oxygen atoms in total. The Morgan fingerprint density at radius 3 is 2.76 bits per heavy atom. The molecular formula is C28H24Cl2N6O5. The van der Waals surface area contributed by atoms with E-state index in [9.17, 15) is 19.5 Å². The SMILES string of the molecule is N#CNC(=NC[C@H](NC(=O)c1c(Cl)cc2c(c1Cl)CCN(C(=O)c1ccc3ccoc3c1)C2)C(=O)O)N1C=CCC1. The number of nitriles is 1. The van der Waals surface area contributed by atoms with Crippen LogP contribution in [-0.2, 0) is 17.8 Å². The van der Waals surface area contributed by atoms with Crippen LogP contribution in [0, 0.1) is 11.5 Å². The quantitative estimate of drug-likeness (QED) is 0.169. The van der Waals surface area contributed by atoms with Gasteiger partial charge in [-0.15, -0.1) is 0 Å². The second-order valence-corrected chi connectivity index (χ2v) is 10.3. The highest BCUT2D eigenvalue weighted by atomic mass is 35.5. The average molecular weight is 595 g/mol. The highest BCUT2D eigenvalue weighted by Crippen LogP contribution is 2.35. The molecule has 13 heteroatoms. The van der Waals surface area contributed by atoms with E-state index >= 15 is 0 Å². The van der Waals surface area contributed by atoms with Crippen LogP contribution in [0.2, 0.25) is 10.0 Å². The van der Waals surface area contributed by atoms with Crippen molar-refractivity contribution in [2.75, 3.05) is 19.6 Å². The van der Waals surface area contributed by atoms with E-state index in [0.29, 0.717) is 41.8 Å². The van der Waals surface area contributed by atoms with Gasteiger partial charge in [-0.1, -0.05) is 35.3 Å². The second-order valence-electron chi connectivity index (χ2n) is 9.47. The van der Waals surface area contributed by atoms with Gasteiger partial charge in [-0.25, -0.2) is 9.79 Å². The molecule has 0 fully saturated rings. The number of nitrogens with one attached hydrogen (secondary N) is 2. The van der Waals surface area contributed by atoms with Crippen molar-refractivity contribution in [2.24, 2.45) is 4.99 Å². The highest BCUT2D eigenvalue weighted by molar-refractivity contribution is 6.40. The molecule has 0 aliphatic carbocycles. The van der Waals surface area contributed by atoms with Crippen molar-refractivity contribution in [1.29, 1.82) is 5.26 Å². The van der Waals surface area contributed by atoms with Crippen LogP contribution < -0.4 is 10.6 Å². The van der Waals surface area contributed by atoms with Gasteiger partial charge in [0.05, 0.1) is 28.4 Å². The Morgan fingerprint density at radius 1 is 1.20 bits per heavy atom. The molecule has 2 amide bonds. The third-order valence-electron chi connectivity index (χ3n) is 6.91. The summed E-state index contributed by atoms with van der Waals surface area (Å²) in [6.07, 6.45) is 8.10. The van der Waals surface area contributed by atoms with Gasteiger partial charge < -0.3 is 24.6 Å². The summed E-state index contributed by atoms with van der Waals surface area (Å²) in [5.74, 6) is -2.09. The molecule has 3 aromatic rings. The summed E-state index contributed by atoms with van der Waals surface area (Å²) in [4.78, 5) is 45.9. The third-order valence-corrected chi connectivity index (χ3v) is 7.63. The van der Waals surface area contributed by atoms with E-state index in [4.69, 9.17) is 32.9 Å². The lowest BCUT2D eigenvalue weighted by Crippen LogP contribution is -2.44. The van der Waals surface area contributed by atoms with Crippen molar-refractivity contribution in [3.63, 3.8) is 0 Å². The van der Waals surface area contributed by atoms with Gasteiger partial charge in [0.25, 0.3) is 11.8 Å². The van der Waals surface area contributed by atoms with E-state index in [1.807, 2.05) is 18.2 Å². The van der Waals surface area contributed by atoms with Gasteiger partial charge in [-0.05, 0) is 48.2 Å². The van der Waals surface area contributed by atoms with Crippen molar-refractivity contribution < 1.29 is 23.9 Å². The maximum atomic E-state index is 13.2. The topological polar surface area (TPSA) is 151 Å². The number of aliphatic carboxylic acids is 1. The summed E-state index contributed by atoms with van der Waals surface area (Å²) in [6, 6.07) is 7.25. The number of carboxylic acids is 1. The fourth-order valence-corrected chi connectivity index (χ4v) is 5.58. The van der Waals surface area contributed by atoms with Crippen molar-refractivity contribution in [1.82, 2.24) is 20.4 Å². The lowest BCUT2D eigenvalue weighted by molar-refractivity contribution is -0.138. The van der Waals surface area contributed by atoms with Crippen LogP contribution in [0.5, 0.6) is 0 Å². The Labute approximate surface area is 244 Å². The van der Waals surface area contributed by atoms with Crippen LogP contribution >= 0.6 is 23.2 Å². The van der Waals surface area contributed by atoms with Gasteiger partial charge in [0, 0.05) is 36.8 Å². The number of hydrogen-bond donors (Lipinski definition) is 3. The van der Waals surface area contributed by atoms with E-state index in [-0.39, 0.29) is 40.6 Å². The second kappa shape index (κ2) is 11.9. The third kappa shape index (κ3) is 5.84. The zero-order chi connectivity index (χ0) is 29.1. The van der Waals surface area contributed by atoms with Crippen LogP contribution in [0.3, 0.4) is 0 Å². The number of fused-ring (bicyclic) bond motifs is 2. The zero-order valence-corrected chi connectivity index (χ0v) is 23.1. The molecule has 0 radical (unpaired) electrons. The van der Waals surface area contributed by atoms with Crippen LogP contribution in [-0.4, -0.2) is 64.3 Å². The minimum Gasteiger partial charge on any atom is -0.480 e. The van der Waals surface area contributed by atoms with Gasteiger partial charge in [0.15, 0.2) is 6.19 Å². The predicted octanol–water partition coefficient (Wildman–Crippen LogP) is 3.77. The van der Waals surface area contributed by atoms with Gasteiger partial charge in [-0.2, -0.15) is 5.26 Å². The average Bonchev–Trinajstić information content (AvgIpc) is 3.66. The number of carbonyl (C=O) groups is 3. The fraction of sp³-hybridized carbons (Fsp3) is 0.250. The molecule has 0 saturated carbocycles.